The van der Waals surface area contributed by atoms with Crippen LogP contribution in [-0.2, 0) is 0 Å². The molecular weight excluding hydrogens is 256 g/mol. The Morgan fingerprint density at radius 3 is 2.67 bits per heavy atom. The molecule has 118 valence electrons. The van der Waals surface area contributed by atoms with E-state index in [1.807, 2.05) is 0 Å². The van der Waals surface area contributed by atoms with Crippen molar-refractivity contribution in [2.75, 3.05) is 6.61 Å². The first-order valence-electron chi connectivity index (χ1n) is 9.22. The van der Waals surface area contributed by atoms with Gasteiger partial charge in [0.15, 0.2) is 0 Å². The van der Waals surface area contributed by atoms with Gasteiger partial charge in [-0.1, -0.05) is 32.4 Å². The molecule has 0 aromatic rings. The van der Waals surface area contributed by atoms with Gasteiger partial charge in [0.1, 0.15) is 0 Å². The number of allylic oxidation sites excluding steroid dienone is 1. The van der Waals surface area contributed by atoms with Gasteiger partial charge in [0, 0.05) is 6.61 Å². The average Bonchev–Trinajstić information content (AvgIpc) is 2.68. The predicted molar refractivity (Wildman–Crippen MR) is 86.9 cm³/mol. The molecule has 4 aliphatic rings. The molecule has 1 spiro atoms. The summed E-state index contributed by atoms with van der Waals surface area (Å²) in [5.41, 5.74) is 2.82. The number of hydrogen-bond acceptors (Lipinski definition) is 1. The standard InChI is InChI=1S/C20H32O/c1-14-11-20-10-7-16-18(2,13-21)8-4-9-19(16,3)17(20)6-5-15(14)12-20/h15-17,21H,1,4-13H2,2-3H3/t15-,16-,17+,18+,19-,20-/m1/s1. The second-order valence-corrected chi connectivity index (χ2v) is 9.49. The van der Waals surface area contributed by atoms with E-state index in [0.717, 1.165) is 17.8 Å². The van der Waals surface area contributed by atoms with Crippen LogP contribution in [0.3, 0.4) is 0 Å². The zero-order chi connectivity index (χ0) is 14.9. The Hall–Kier alpha value is -0.300. The minimum atomic E-state index is 0.182. The van der Waals surface area contributed by atoms with Crippen LogP contribution in [0.1, 0.15) is 71.6 Å². The van der Waals surface area contributed by atoms with Gasteiger partial charge in [-0.3, -0.25) is 0 Å². The van der Waals surface area contributed by atoms with Crippen LogP contribution in [0, 0.1) is 34.0 Å². The molecule has 0 aromatic carbocycles. The summed E-state index contributed by atoms with van der Waals surface area (Å²) in [5.74, 6) is 2.48. The third kappa shape index (κ3) is 1.73. The van der Waals surface area contributed by atoms with Crippen LogP contribution >= 0.6 is 0 Å². The van der Waals surface area contributed by atoms with E-state index in [4.69, 9.17) is 0 Å². The first-order valence-corrected chi connectivity index (χ1v) is 9.22. The van der Waals surface area contributed by atoms with Gasteiger partial charge in [0.05, 0.1) is 0 Å². The zero-order valence-corrected chi connectivity index (χ0v) is 14.0. The van der Waals surface area contributed by atoms with Crippen LogP contribution in [0.5, 0.6) is 0 Å². The van der Waals surface area contributed by atoms with E-state index in [0.29, 0.717) is 17.4 Å². The van der Waals surface area contributed by atoms with Crippen LogP contribution in [0.4, 0.5) is 0 Å². The number of rotatable bonds is 1. The lowest BCUT2D eigenvalue weighted by Gasteiger charge is -2.64. The first kappa shape index (κ1) is 14.3. The van der Waals surface area contributed by atoms with E-state index in [1.54, 1.807) is 5.57 Å². The van der Waals surface area contributed by atoms with Gasteiger partial charge in [0.25, 0.3) is 0 Å². The lowest BCUT2D eigenvalue weighted by Crippen LogP contribution is -2.57. The van der Waals surface area contributed by atoms with Gasteiger partial charge in [-0.25, -0.2) is 0 Å². The lowest BCUT2D eigenvalue weighted by molar-refractivity contribution is -0.158. The SMILES string of the molecule is C=C1C[C@@]23CC[C@@H]4[C@](C)(CO)CCC[C@@]4(C)[C@@H]2CC[C@@H]1C3. The molecule has 4 rings (SSSR count). The van der Waals surface area contributed by atoms with Gasteiger partial charge < -0.3 is 5.11 Å². The first-order chi connectivity index (χ1) is 9.94. The van der Waals surface area contributed by atoms with Crippen LogP contribution in [0.2, 0.25) is 0 Å². The van der Waals surface area contributed by atoms with Crippen molar-refractivity contribution < 1.29 is 5.11 Å². The lowest BCUT2D eigenvalue weighted by atomic mass is 9.41. The Balaban J connectivity index is 1.73. The van der Waals surface area contributed by atoms with Crippen molar-refractivity contribution in [3.05, 3.63) is 12.2 Å². The van der Waals surface area contributed by atoms with Crippen LogP contribution in [0.15, 0.2) is 12.2 Å². The zero-order valence-electron chi connectivity index (χ0n) is 14.0. The largest absolute Gasteiger partial charge is 0.396 e. The van der Waals surface area contributed by atoms with Crippen molar-refractivity contribution in [1.29, 1.82) is 0 Å². The molecule has 0 heterocycles. The summed E-state index contributed by atoms with van der Waals surface area (Å²) in [5, 5.41) is 10.1. The molecule has 21 heavy (non-hydrogen) atoms. The second-order valence-electron chi connectivity index (χ2n) is 9.49. The third-order valence-electron chi connectivity index (χ3n) is 8.54. The number of aliphatic hydroxyl groups is 1. The minimum Gasteiger partial charge on any atom is -0.396 e. The van der Waals surface area contributed by atoms with Crippen LogP contribution in [0.25, 0.3) is 0 Å². The highest BCUT2D eigenvalue weighted by Crippen LogP contribution is 2.72. The van der Waals surface area contributed by atoms with Crippen LogP contribution in [-0.4, -0.2) is 11.7 Å². The summed E-state index contributed by atoms with van der Waals surface area (Å²) in [6.07, 6.45) is 12.3. The van der Waals surface area contributed by atoms with E-state index < -0.39 is 0 Å². The molecule has 0 aromatic heterocycles. The maximum atomic E-state index is 10.1. The van der Waals surface area contributed by atoms with Crippen molar-refractivity contribution >= 4 is 0 Å². The average molecular weight is 288 g/mol. The Kier molecular flexibility index (Phi) is 2.98. The smallest absolute Gasteiger partial charge is 0.0487 e. The summed E-state index contributed by atoms with van der Waals surface area (Å²) in [6, 6.07) is 0. The highest BCUT2D eigenvalue weighted by atomic mass is 16.3. The van der Waals surface area contributed by atoms with E-state index in [1.165, 1.54) is 57.8 Å². The topological polar surface area (TPSA) is 20.2 Å². The van der Waals surface area contributed by atoms with Crippen molar-refractivity contribution in [2.45, 2.75) is 71.6 Å². The highest BCUT2D eigenvalue weighted by Gasteiger charge is 2.63. The van der Waals surface area contributed by atoms with E-state index in [2.05, 4.69) is 20.4 Å². The third-order valence-corrected chi connectivity index (χ3v) is 8.54. The molecule has 6 atom stereocenters. The monoisotopic (exact) mass is 288 g/mol. The minimum absolute atomic E-state index is 0.182. The van der Waals surface area contributed by atoms with Gasteiger partial charge in [-0.2, -0.15) is 0 Å². The van der Waals surface area contributed by atoms with Crippen molar-refractivity contribution in [1.82, 2.24) is 0 Å². The quantitative estimate of drug-likeness (QED) is 0.677. The van der Waals surface area contributed by atoms with Crippen molar-refractivity contribution in [3.63, 3.8) is 0 Å². The Labute approximate surface area is 130 Å². The molecule has 0 saturated heterocycles. The van der Waals surface area contributed by atoms with Gasteiger partial charge in [0.2, 0.25) is 0 Å². The Bertz CT molecular complexity index is 468. The fourth-order valence-electron chi connectivity index (χ4n) is 7.68. The fourth-order valence-corrected chi connectivity index (χ4v) is 7.68. The number of aliphatic hydroxyl groups excluding tert-OH is 1. The molecule has 1 nitrogen and oxygen atoms in total. The maximum Gasteiger partial charge on any atom is 0.0487 e. The number of hydrogen-bond donors (Lipinski definition) is 1. The van der Waals surface area contributed by atoms with Crippen molar-refractivity contribution in [2.24, 2.45) is 34.0 Å². The summed E-state index contributed by atoms with van der Waals surface area (Å²) in [7, 11) is 0. The fraction of sp³-hybridized carbons (Fsp3) is 0.900. The summed E-state index contributed by atoms with van der Waals surface area (Å²) < 4.78 is 0. The molecule has 4 saturated carbocycles. The van der Waals surface area contributed by atoms with Gasteiger partial charge >= 0.3 is 0 Å². The molecule has 0 amide bonds. The molecule has 4 fully saturated rings. The summed E-state index contributed by atoms with van der Waals surface area (Å²) in [4.78, 5) is 0. The summed E-state index contributed by atoms with van der Waals surface area (Å²) >= 11 is 0. The van der Waals surface area contributed by atoms with E-state index in [-0.39, 0.29) is 5.41 Å². The number of fused-ring (bicyclic) bond motifs is 3. The van der Waals surface area contributed by atoms with Crippen molar-refractivity contribution in [3.8, 4) is 0 Å². The molecular formula is C20H32O. The maximum absolute atomic E-state index is 10.1. The molecule has 0 aliphatic heterocycles. The Morgan fingerprint density at radius 2 is 1.90 bits per heavy atom. The normalized spacial score (nSPS) is 56.0. The van der Waals surface area contributed by atoms with E-state index in [9.17, 15) is 5.11 Å². The molecule has 1 N–H and O–H groups in total. The molecule has 2 bridgehead atoms. The second kappa shape index (κ2) is 4.37. The van der Waals surface area contributed by atoms with Gasteiger partial charge in [-0.15, -0.1) is 0 Å². The predicted octanol–water partition coefficient (Wildman–Crippen LogP) is 4.95. The highest BCUT2D eigenvalue weighted by molar-refractivity contribution is 5.22. The van der Waals surface area contributed by atoms with E-state index >= 15 is 0 Å². The summed E-state index contributed by atoms with van der Waals surface area (Å²) in [6.45, 7) is 9.77. The van der Waals surface area contributed by atoms with Crippen LogP contribution < -0.4 is 0 Å². The molecule has 4 aliphatic carbocycles. The molecule has 1 heteroatoms. The molecule has 0 unspecified atom stereocenters. The Morgan fingerprint density at radius 1 is 1.10 bits per heavy atom. The van der Waals surface area contributed by atoms with Gasteiger partial charge in [-0.05, 0) is 85.4 Å². The molecule has 0 radical (unpaired) electrons.